The Bertz CT molecular complexity index is 990. The average molecular weight is 458 g/mol. The number of H-pyrrole nitrogens is 1. The Morgan fingerprint density at radius 1 is 0.515 bits per heavy atom. The van der Waals surface area contributed by atoms with E-state index in [1.807, 2.05) is 0 Å². The van der Waals surface area contributed by atoms with Crippen LogP contribution in [-0.4, -0.2) is 26.2 Å². The summed E-state index contributed by atoms with van der Waals surface area (Å²) in [5.74, 6) is 0. The highest BCUT2D eigenvalue weighted by atomic mass is 35.5. The van der Waals surface area contributed by atoms with Gasteiger partial charge in [0.15, 0.2) is 0 Å². The predicted molar refractivity (Wildman–Crippen MR) is 137 cm³/mol. The first-order valence-electron chi connectivity index (χ1n) is 11.9. The van der Waals surface area contributed by atoms with E-state index in [1.54, 1.807) is 0 Å². The molecule has 4 heteroatoms. The number of aromatic amines is 1. The van der Waals surface area contributed by atoms with Crippen LogP contribution < -0.4 is 27.2 Å². The summed E-state index contributed by atoms with van der Waals surface area (Å²) >= 11 is 0. The molecule has 3 nitrogen and oxygen atoms in total. The number of pyridine rings is 1. The summed E-state index contributed by atoms with van der Waals surface area (Å²) in [7, 11) is 0. The van der Waals surface area contributed by atoms with Gasteiger partial charge >= 0.3 is 0 Å². The van der Waals surface area contributed by atoms with Crippen LogP contribution in [0.25, 0.3) is 24.3 Å². The minimum Gasteiger partial charge on any atom is -1.00 e. The molecular formula is C29H32ClN3. The van der Waals surface area contributed by atoms with Gasteiger partial charge in [-0.15, -0.1) is 0 Å². The first-order chi connectivity index (χ1) is 15.8. The third-order valence-electron chi connectivity index (χ3n) is 6.48. The Morgan fingerprint density at radius 3 is 1.30 bits per heavy atom. The summed E-state index contributed by atoms with van der Waals surface area (Å²) in [6.07, 6.45) is 13.9. The number of rotatable bonds is 6. The minimum atomic E-state index is 0. The van der Waals surface area contributed by atoms with Crippen molar-refractivity contribution in [1.82, 2.24) is 0 Å². The van der Waals surface area contributed by atoms with E-state index in [2.05, 4.69) is 106 Å². The van der Waals surface area contributed by atoms with E-state index in [1.165, 1.54) is 74.4 Å². The maximum absolute atomic E-state index is 3.51. The minimum absolute atomic E-state index is 0. The van der Waals surface area contributed by atoms with Gasteiger partial charge in [-0.3, -0.25) is 0 Å². The van der Waals surface area contributed by atoms with E-state index in [9.17, 15) is 0 Å². The van der Waals surface area contributed by atoms with Crippen molar-refractivity contribution in [3.63, 3.8) is 0 Å². The van der Waals surface area contributed by atoms with Crippen molar-refractivity contribution in [2.24, 2.45) is 0 Å². The number of nitrogens with one attached hydrogen (secondary N) is 1. The number of benzene rings is 2. The summed E-state index contributed by atoms with van der Waals surface area (Å²) in [5.41, 5.74) is 7.32. The summed E-state index contributed by atoms with van der Waals surface area (Å²) in [4.78, 5) is 8.45. The van der Waals surface area contributed by atoms with Gasteiger partial charge in [0.25, 0.3) is 0 Å². The summed E-state index contributed by atoms with van der Waals surface area (Å²) < 4.78 is 0. The van der Waals surface area contributed by atoms with E-state index in [4.69, 9.17) is 0 Å². The smallest absolute Gasteiger partial charge is 0.203 e. The van der Waals surface area contributed by atoms with Gasteiger partial charge in [0, 0.05) is 61.8 Å². The van der Waals surface area contributed by atoms with Crippen LogP contribution in [0.15, 0.2) is 66.7 Å². The quantitative estimate of drug-likeness (QED) is 0.567. The largest absolute Gasteiger partial charge is 1.00 e. The fourth-order valence-electron chi connectivity index (χ4n) is 4.62. The topological polar surface area (TPSA) is 20.6 Å². The van der Waals surface area contributed by atoms with Gasteiger partial charge in [-0.1, -0.05) is 24.3 Å². The van der Waals surface area contributed by atoms with Crippen molar-refractivity contribution in [2.45, 2.75) is 25.7 Å². The van der Waals surface area contributed by atoms with Crippen molar-refractivity contribution in [3.8, 4) is 0 Å². The van der Waals surface area contributed by atoms with Gasteiger partial charge in [-0.2, -0.15) is 0 Å². The molecule has 0 amide bonds. The first kappa shape index (κ1) is 23.1. The van der Waals surface area contributed by atoms with E-state index >= 15 is 0 Å². The third kappa shape index (κ3) is 6.06. The zero-order valence-corrected chi connectivity index (χ0v) is 19.8. The lowest BCUT2D eigenvalue weighted by Gasteiger charge is -2.17. The number of hydrogen-bond donors (Lipinski definition) is 0. The Hall–Kier alpha value is -3.04. The van der Waals surface area contributed by atoms with Crippen LogP contribution >= 0.6 is 0 Å². The van der Waals surface area contributed by atoms with Crippen LogP contribution in [0.4, 0.5) is 11.4 Å². The van der Waals surface area contributed by atoms with Gasteiger partial charge in [0.2, 0.25) is 11.4 Å². The highest BCUT2D eigenvalue weighted by Crippen LogP contribution is 2.22. The Balaban J connectivity index is 0.00000259. The van der Waals surface area contributed by atoms with Gasteiger partial charge in [-0.25, -0.2) is 4.98 Å². The second kappa shape index (κ2) is 11.2. The van der Waals surface area contributed by atoms with Crippen molar-refractivity contribution in [1.29, 1.82) is 0 Å². The Labute approximate surface area is 203 Å². The standard InChI is InChI=1S/C29H31N3.ClH/c1-2-21-31(20-1)28-16-10-24(11-17-28)8-14-26-6-5-7-27(30-26)15-9-25-12-18-29(19-13-25)32-22-3-4-23-32;/h5-19H,1-4,20-23H2;1H. The number of nitrogens with zero attached hydrogens (tertiary/aromatic N) is 2. The fraction of sp³-hybridized carbons (Fsp3) is 0.276. The lowest BCUT2D eigenvalue weighted by Crippen LogP contribution is -3.00. The molecule has 2 aromatic carbocycles. The molecule has 2 fully saturated rings. The lowest BCUT2D eigenvalue weighted by molar-refractivity contribution is -0.383. The van der Waals surface area contributed by atoms with Crippen LogP contribution in [0.5, 0.6) is 0 Å². The Kier molecular flexibility index (Phi) is 7.85. The van der Waals surface area contributed by atoms with Gasteiger partial charge < -0.3 is 22.2 Å². The molecule has 2 saturated heterocycles. The normalized spacial score (nSPS) is 16.1. The van der Waals surface area contributed by atoms with Crippen molar-refractivity contribution >= 4 is 35.7 Å². The molecule has 0 bridgehead atoms. The number of hydrogen-bond acceptors (Lipinski definition) is 2. The molecule has 0 spiro atoms. The molecule has 0 saturated carbocycles. The molecule has 0 aliphatic carbocycles. The maximum Gasteiger partial charge on any atom is 0.203 e. The summed E-state index contributed by atoms with van der Waals surface area (Å²) in [6, 6.07) is 24.1. The predicted octanol–water partition coefficient (Wildman–Crippen LogP) is 3.05. The van der Waals surface area contributed by atoms with Crippen LogP contribution in [0.1, 0.15) is 48.2 Å². The number of aromatic nitrogens is 1. The summed E-state index contributed by atoms with van der Waals surface area (Å²) in [5, 5.41) is 0. The molecule has 1 N–H and O–H groups in total. The van der Waals surface area contributed by atoms with Gasteiger partial charge in [0.1, 0.15) is 0 Å². The summed E-state index contributed by atoms with van der Waals surface area (Å²) in [6.45, 7) is 4.75. The second-order valence-electron chi connectivity index (χ2n) is 8.80. The van der Waals surface area contributed by atoms with E-state index in [0.717, 1.165) is 11.4 Å². The SMILES string of the molecule is C(=Cc1cccc(C=Cc2ccc(N3CCCC3)cc2)[nH+]1)c1ccc(N2CCCC2)cc1.[Cl-]. The van der Waals surface area contributed by atoms with Crippen molar-refractivity contribution in [2.75, 3.05) is 36.0 Å². The van der Waals surface area contributed by atoms with Crippen LogP contribution in [0, 0.1) is 0 Å². The molecule has 3 aromatic rings. The fourth-order valence-corrected chi connectivity index (χ4v) is 4.62. The molecule has 1 aromatic heterocycles. The zero-order chi connectivity index (χ0) is 21.6. The number of halogens is 1. The van der Waals surface area contributed by atoms with Crippen LogP contribution in [-0.2, 0) is 0 Å². The van der Waals surface area contributed by atoms with E-state index in [0.29, 0.717) is 0 Å². The van der Waals surface area contributed by atoms with Gasteiger partial charge in [0.05, 0.1) is 0 Å². The monoisotopic (exact) mass is 457 g/mol. The molecule has 0 atom stereocenters. The number of anilines is 2. The van der Waals surface area contributed by atoms with Crippen molar-refractivity contribution in [3.05, 3.63) is 89.2 Å². The molecule has 170 valence electrons. The molecule has 3 heterocycles. The zero-order valence-electron chi connectivity index (χ0n) is 19.1. The molecule has 5 rings (SSSR count). The van der Waals surface area contributed by atoms with Crippen molar-refractivity contribution < 1.29 is 17.4 Å². The molecule has 0 unspecified atom stereocenters. The van der Waals surface area contributed by atoms with E-state index < -0.39 is 0 Å². The van der Waals surface area contributed by atoms with Crippen LogP contribution in [0.3, 0.4) is 0 Å². The lowest BCUT2D eigenvalue weighted by atomic mass is 10.1. The molecular weight excluding hydrogens is 426 g/mol. The highest BCUT2D eigenvalue weighted by Gasteiger charge is 2.12. The third-order valence-corrected chi connectivity index (χ3v) is 6.48. The maximum atomic E-state index is 3.51. The average Bonchev–Trinajstić information content (AvgIpc) is 3.57. The van der Waals surface area contributed by atoms with E-state index in [-0.39, 0.29) is 12.4 Å². The molecule has 2 aliphatic heterocycles. The van der Waals surface area contributed by atoms with Crippen LogP contribution in [0.2, 0.25) is 0 Å². The van der Waals surface area contributed by atoms with Gasteiger partial charge in [-0.05, 0) is 79.3 Å². The first-order valence-corrected chi connectivity index (χ1v) is 11.9. The Morgan fingerprint density at radius 2 is 0.909 bits per heavy atom. The molecule has 2 aliphatic rings. The molecule has 33 heavy (non-hydrogen) atoms. The highest BCUT2D eigenvalue weighted by molar-refractivity contribution is 5.70. The molecule has 0 radical (unpaired) electrons. The second-order valence-corrected chi connectivity index (χ2v) is 8.80.